The SMILES string of the molecule is O=C(COc1ccccc1Cl)Nc1ccc(C(=O)N2CCCC2)cc1. The highest BCUT2D eigenvalue weighted by Gasteiger charge is 2.19. The standard InChI is InChI=1S/C19H19ClN2O3/c20-16-5-1-2-6-17(16)25-13-18(23)21-15-9-7-14(8-10-15)19(24)22-11-3-4-12-22/h1-2,5-10H,3-4,11-13H2,(H,21,23). The van der Waals surface area contributed by atoms with Crippen molar-refractivity contribution in [2.75, 3.05) is 25.0 Å². The number of anilines is 1. The average molecular weight is 359 g/mol. The first kappa shape index (κ1) is 17.3. The Morgan fingerprint density at radius 2 is 1.72 bits per heavy atom. The van der Waals surface area contributed by atoms with Crippen LogP contribution in [0.2, 0.25) is 5.02 Å². The lowest BCUT2D eigenvalue weighted by Gasteiger charge is -2.15. The van der Waals surface area contributed by atoms with Crippen molar-refractivity contribution in [1.29, 1.82) is 0 Å². The highest BCUT2D eigenvalue weighted by Crippen LogP contribution is 2.23. The summed E-state index contributed by atoms with van der Waals surface area (Å²) in [7, 11) is 0. The van der Waals surface area contributed by atoms with Crippen LogP contribution in [0.4, 0.5) is 5.69 Å². The number of benzene rings is 2. The molecule has 2 amide bonds. The number of carbonyl (C=O) groups is 2. The molecule has 0 aromatic heterocycles. The van der Waals surface area contributed by atoms with Crippen LogP contribution in [0, 0.1) is 0 Å². The van der Waals surface area contributed by atoms with Crippen LogP contribution in [0.25, 0.3) is 0 Å². The molecule has 6 heteroatoms. The van der Waals surface area contributed by atoms with Gasteiger partial charge in [0, 0.05) is 24.3 Å². The summed E-state index contributed by atoms with van der Waals surface area (Å²) in [5, 5.41) is 3.19. The Labute approximate surface area is 151 Å². The van der Waals surface area contributed by atoms with E-state index in [1.165, 1.54) is 0 Å². The van der Waals surface area contributed by atoms with Gasteiger partial charge >= 0.3 is 0 Å². The number of hydrogen-bond donors (Lipinski definition) is 1. The first-order valence-electron chi connectivity index (χ1n) is 8.20. The minimum Gasteiger partial charge on any atom is -0.482 e. The normalized spacial score (nSPS) is 13.6. The molecule has 0 bridgehead atoms. The van der Waals surface area contributed by atoms with Crippen molar-refractivity contribution in [1.82, 2.24) is 4.90 Å². The van der Waals surface area contributed by atoms with Crippen LogP contribution in [0.5, 0.6) is 5.75 Å². The second-order valence-electron chi connectivity index (χ2n) is 5.84. The van der Waals surface area contributed by atoms with E-state index >= 15 is 0 Å². The lowest BCUT2D eigenvalue weighted by Crippen LogP contribution is -2.27. The Kier molecular flexibility index (Phi) is 5.56. The highest BCUT2D eigenvalue weighted by atomic mass is 35.5. The van der Waals surface area contributed by atoms with Crippen LogP contribution in [-0.2, 0) is 4.79 Å². The number of carbonyl (C=O) groups excluding carboxylic acids is 2. The minimum atomic E-state index is -0.293. The maximum Gasteiger partial charge on any atom is 0.262 e. The number of nitrogens with zero attached hydrogens (tertiary/aromatic N) is 1. The van der Waals surface area contributed by atoms with Gasteiger partial charge in [-0.15, -0.1) is 0 Å². The van der Waals surface area contributed by atoms with Crippen molar-refractivity contribution in [2.45, 2.75) is 12.8 Å². The van der Waals surface area contributed by atoms with Crippen LogP contribution in [0.15, 0.2) is 48.5 Å². The van der Waals surface area contributed by atoms with E-state index in [0.717, 1.165) is 25.9 Å². The fourth-order valence-electron chi connectivity index (χ4n) is 2.70. The summed E-state index contributed by atoms with van der Waals surface area (Å²) >= 11 is 5.98. The number of nitrogens with one attached hydrogen (secondary N) is 1. The number of hydrogen-bond acceptors (Lipinski definition) is 3. The zero-order chi connectivity index (χ0) is 17.6. The van der Waals surface area contributed by atoms with Gasteiger partial charge in [0.1, 0.15) is 5.75 Å². The van der Waals surface area contributed by atoms with Gasteiger partial charge in [-0.3, -0.25) is 9.59 Å². The average Bonchev–Trinajstić information content (AvgIpc) is 3.16. The van der Waals surface area contributed by atoms with Crippen molar-refractivity contribution < 1.29 is 14.3 Å². The Morgan fingerprint density at radius 1 is 1.04 bits per heavy atom. The van der Waals surface area contributed by atoms with Gasteiger partial charge in [-0.25, -0.2) is 0 Å². The van der Waals surface area contributed by atoms with E-state index in [2.05, 4.69) is 5.32 Å². The summed E-state index contributed by atoms with van der Waals surface area (Å²) in [6, 6.07) is 13.9. The van der Waals surface area contributed by atoms with E-state index in [4.69, 9.17) is 16.3 Å². The smallest absolute Gasteiger partial charge is 0.262 e. The molecule has 0 spiro atoms. The topological polar surface area (TPSA) is 58.6 Å². The van der Waals surface area contributed by atoms with Crippen molar-refractivity contribution in [2.24, 2.45) is 0 Å². The highest BCUT2D eigenvalue weighted by molar-refractivity contribution is 6.32. The molecule has 1 aliphatic rings. The molecule has 0 saturated carbocycles. The van der Waals surface area contributed by atoms with Crippen molar-refractivity contribution in [3.05, 3.63) is 59.1 Å². The number of likely N-dealkylation sites (tertiary alicyclic amines) is 1. The molecule has 1 heterocycles. The second kappa shape index (κ2) is 8.03. The maximum atomic E-state index is 12.3. The molecule has 130 valence electrons. The molecule has 3 rings (SSSR count). The zero-order valence-electron chi connectivity index (χ0n) is 13.7. The molecule has 1 fully saturated rings. The first-order valence-corrected chi connectivity index (χ1v) is 8.58. The number of para-hydroxylation sites is 1. The Morgan fingerprint density at radius 3 is 2.40 bits per heavy atom. The molecule has 2 aromatic rings. The van der Waals surface area contributed by atoms with Gasteiger partial charge in [0.25, 0.3) is 11.8 Å². The van der Waals surface area contributed by atoms with Crippen LogP contribution in [0.1, 0.15) is 23.2 Å². The van der Waals surface area contributed by atoms with Crippen LogP contribution in [-0.4, -0.2) is 36.4 Å². The van der Waals surface area contributed by atoms with E-state index in [0.29, 0.717) is 22.0 Å². The van der Waals surface area contributed by atoms with E-state index in [9.17, 15) is 9.59 Å². The fraction of sp³-hybridized carbons (Fsp3) is 0.263. The molecular weight excluding hydrogens is 340 g/mol. The maximum absolute atomic E-state index is 12.3. The van der Waals surface area contributed by atoms with E-state index in [-0.39, 0.29) is 18.4 Å². The first-order chi connectivity index (χ1) is 12.1. The Balaban J connectivity index is 1.53. The van der Waals surface area contributed by atoms with Gasteiger partial charge in [-0.1, -0.05) is 23.7 Å². The van der Waals surface area contributed by atoms with E-state index in [1.54, 1.807) is 48.5 Å². The molecule has 1 N–H and O–H groups in total. The third kappa shape index (κ3) is 4.51. The molecule has 0 atom stereocenters. The summed E-state index contributed by atoms with van der Waals surface area (Å²) < 4.78 is 5.40. The van der Waals surface area contributed by atoms with Gasteiger partial charge < -0.3 is 15.0 Å². The summed E-state index contributed by atoms with van der Waals surface area (Å²) in [5.41, 5.74) is 1.25. The number of ether oxygens (including phenoxy) is 1. The molecule has 0 radical (unpaired) electrons. The fourth-order valence-corrected chi connectivity index (χ4v) is 2.89. The second-order valence-corrected chi connectivity index (χ2v) is 6.25. The van der Waals surface area contributed by atoms with Gasteiger partial charge in [0.2, 0.25) is 0 Å². The molecule has 0 unspecified atom stereocenters. The number of rotatable bonds is 5. The van der Waals surface area contributed by atoms with Gasteiger partial charge in [-0.2, -0.15) is 0 Å². The quantitative estimate of drug-likeness (QED) is 0.888. The van der Waals surface area contributed by atoms with E-state index in [1.807, 2.05) is 4.90 Å². The number of halogens is 1. The Hall–Kier alpha value is -2.53. The van der Waals surface area contributed by atoms with Crippen LogP contribution < -0.4 is 10.1 Å². The third-order valence-corrected chi connectivity index (χ3v) is 4.32. The van der Waals surface area contributed by atoms with Crippen molar-refractivity contribution in [3.8, 4) is 5.75 Å². The third-order valence-electron chi connectivity index (χ3n) is 4.00. The monoisotopic (exact) mass is 358 g/mol. The lowest BCUT2D eigenvalue weighted by molar-refractivity contribution is -0.118. The van der Waals surface area contributed by atoms with Gasteiger partial charge in [0.05, 0.1) is 5.02 Å². The summed E-state index contributed by atoms with van der Waals surface area (Å²) in [5.74, 6) is 0.210. The molecule has 5 nitrogen and oxygen atoms in total. The van der Waals surface area contributed by atoms with Crippen LogP contribution in [0.3, 0.4) is 0 Å². The summed E-state index contributed by atoms with van der Waals surface area (Å²) in [6.07, 6.45) is 2.12. The van der Waals surface area contributed by atoms with Gasteiger partial charge in [0.15, 0.2) is 6.61 Å². The molecular formula is C19H19ClN2O3. The molecule has 25 heavy (non-hydrogen) atoms. The molecule has 0 aliphatic carbocycles. The van der Waals surface area contributed by atoms with Crippen molar-refractivity contribution in [3.63, 3.8) is 0 Å². The van der Waals surface area contributed by atoms with E-state index < -0.39 is 0 Å². The predicted octanol–water partition coefficient (Wildman–Crippen LogP) is 3.59. The number of amides is 2. The molecule has 1 saturated heterocycles. The van der Waals surface area contributed by atoms with Gasteiger partial charge in [-0.05, 0) is 49.2 Å². The zero-order valence-corrected chi connectivity index (χ0v) is 14.5. The lowest BCUT2D eigenvalue weighted by atomic mass is 10.2. The largest absolute Gasteiger partial charge is 0.482 e. The predicted molar refractivity (Wildman–Crippen MR) is 97.2 cm³/mol. The minimum absolute atomic E-state index is 0.0393. The van der Waals surface area contributed by atoms with Crippen molar-refractivity contribution >= 4 is 29.1 Å². The Bertz CT molecular complexity index is 756. The summed E-state index contributed by atoms with van der Waals surface area (Å²) in [6.45, 7) is 1.49. The van der Waals surface area contributed by atoms with Crippen LogP contribution >= 0.6 is 11.6 Å². The molecule has 1 aliphatic heterocycles. The molecule has 2 aromatic carbocycles. The summed E-state index contributed by atoms with van der Waals surface area (Å²) in [4.78, 5) is 26.1.